The monoisotopic (exact) mass is 443 g/mol. The van der Waals surface area contributed by atoms with E-state index in [9.17, 15) is 19.5 Å². The molecule has 0 radical (unpaired) electrons. The van der Waals surface area contributed by atoms with Gasteiger partial charge in [-0.15, -0.1) is 0 Å². The van der Waals surface area contributed by atoms with Gasteiger partial charge in [-0.3, -0.25) is 19.4 Å². The van der Waals surface area contributed by atoms with E-state index < -0.39 is 41.0 Å². The van der Waals surface area contributed by atoms with Gasteiger partial charge >= 0.3 is 0 Å². The molecule has 1 aromatic heterocycles. The van der Waals surface area contributed by atoms with Gasteiger partial charge in [0.1, 0.15) is 11.7 Å². The molecule has 0 aliphatic heterocycles. The molecule has 0 spiro atoms. The second-order valence-electron chi connectivity index (χ2n) is 8.48. The van der Waals surface area contributed by atoms with Crippen molar-refractivity contribution in [1.29, 1.82) is 0 Å². The van der Waals surface area contributed by atoms with Gasteiger partial charge in [0.15, 0.2) is 0 Å². The Morgan fingerprint density at radius 2 is 1.48 bits per heavy atom. The summed E-state index contributed by atoms with van der Waals surface area (Å²) in [6.07, 6.45) is 2.79. The van der Waals surface area contributed by atoms with Gasteiger partial charge < -0.3 is 15.7 Å². The first-order chi connectivity index (χ1) is 15.9. The summed E-state index contributed by atoms with van der Waals surface area (Å²) in [5.74, 6) is -4.54. The molecule has 2 amide bonds. The van der Waals surface area contributed by atoms with Crippen LogP contribution in [0.15, 0.2) is 85.2 Å². The largest absolute Gasteiger partial charge is 0.389 e. The van der Waals surface area contributed by atoms with Crippen molar-refractivity contribution < 1.29 is 19.5 Å². The second-order valence-corrected chi connectivity index (χ2v) is 8.48. The van der Waals surface area contributed by atoms with Crippen molar-refractivity contribution in [2.45, 2.75) is 24.9 Å². The zero-order valence-electron chi connectivity index (χ0n) is 18.1. The minimum absolute atomic E-state index is 0.316. The second kappa shape index (κ2) is 9.34. The summed E-state index contributed by atoms with van der Waals surface area (Å²) >= 11 is 0. The molecule has 7 heteroatoms. The number of para-hydroxylation sites is 2. The first kappa shape index (κ1) is 22.4. The van der Waals surface area contributed by atoms with Crippen LogP contribution in [-0.4, -0.2) is 33.3 Å². The number of benzene rings is 2. The number of rotatable bonds is 5. The third-order valence-electron chi connectivity index (χ3n) is 5.98. The number of hydrogen-bond acceptors (Lipinski definition) is 5. The van der Waals surface area contributed by atoms with Crippen LogP contribution in [0.4, 0.5) is 11.4 Å². The average Bonchev–Trinajstić information content (AvgIpc) is 2.79. The van der Waals surface area contributed by atoms with Crippen LogP contribution in [-0.2, 0) is 14.4 Å². The van der Waals surface area contributed by atoms with Crippen LogP contribution in [0.25, 0.3) is 0 Å². The topological polar surface area (TPSA) is 108 Å². The van der Waals surface area contributed by atoms with Crippen molar-refractivity contribution in [3.05, 3.63) is 90.8 Å². The van der Waals surface area contributed by atoms with E-state index in [0.717, 1.165) is 0 Å². The number of carbonyl (C=O) groups excluding carboxylic acids is 3. The van der Waals surface area contributed by atoms with E-state index >= 15 is 0 Å². The average molecular weight is 444 g/mol. The number of aliphatic hydroxyl groups is 1. The van der Waals surface area contributed by atoms with Gasteiger partial charge in [0.25, 0.3) is 0 Å². The number of aromatic nitrogens is 1. The molecule has 1 fully saturated rings. The summed E-state index contributed by atoms with van der Waals surface area (Å²) in [6, 6.07) is 21.1. The lowest BCUT2D eigenvalue weighted by Crippen LogP contribution is -2.56. The predicted molar refractivity (Wildman–Crippen MR) is 124 cm³/mol. The van der Waals surface area contributed by atoms with Gasteiger partial charge in [-0.2, -0.15) is 0 Å². The van der Waals surface area contributed by atoms with Crippen LogP contribution in [0.2, 0.25) is 0 Å². The van der Waals surface area contributed by atoms with E-state index in [2.05, 4.69) is 15.6 Å². The number of nitrogens with zero attached hydrogens (tertiary/aromatic N) is 1. The van der Waals surface area contributed by atoms with E-state index in [1.165, 1.54) is 13.1 Å². The molecule has 1 saturated carbocycles. The van der Waals surface area contributed by atoms with E-state index in [-0.39, 0.29) is 6.42 Å². The molecule has 7 nitrogen and oxygen atoms in total. The number of hydrogen-bond donors (Lipinski definition) is 3. The standard InChI is InChI=1S/C26H25N3O4/c1-26(33)15-20(30)22(24(31)28-18-10-4-2-5-11-18)21(17-9-8-14-27-16-17)23(26)25(32)29-19-12-6-3-7-13-19/h2-14,16,21-23,33H,15H2,1H3,(H,28,31)(H,29,32)/t21-,22+,23+,26+/m1/s1. The fourth-order valence-corrected chi connectivity index (χ4v) is 4.55. The minimum Gasteiger partial charge on any atom is -0.389 e. The fraction of sp³-hybridized carbons (Fsp3) is 0.231. The molecule has 3 N–H and O–H groups in total. The van der Waals surface area contributed by atoms with Gasteiger partial charge in [0.05, 0.1) is 11.5 Å². The highest BCUT2D eigenvalue weighted by molar-refractivity contribution is 6.10. The maximum Gasteiger partial charge on any atom is 0.235 e. The summed E-state index contributed by atoms with van der Waals surface area (Å²) in [6.45, 7) is 1.47. The molecular weight excluding hydrogens is 418 g/mol. The lowest BCUT2D eigenvalue weighted by Gasteiger charge is -2.44. The normalized spacial score (nSPS) is 24.7. The zero-order chi connectivity index (χ0) is 23.4. The third-order valence-corrected chi connectivity index (χ3v) is 5.98. The SMILES string of the molecule is C[C@]1(O)CC(=O)[C@H](C(=O)Nc2ccccc2)[C@@H](c2cccnc2)[C@H]1C(=O)Nc1ccccc1. The van der Waals surface area contributed by atoms with E-state index in [1.807, 2.05) is 12.1 Å². The van der Waals surface area contributed by atoms with E-state index in [4.69, 9.17) is 0 Å². The molecule has 1 aliphatic carbocycles. The smallest absolute Gasteiger partial charge is 0.235 e. The van der Waals surface area contributed by atoms with Crippen molar-refractivity contribution in [3.8, 4) is 0 Å². The van der Waals surface area contributed by atoms with E-state index in [1.54, 1.807) is 66.9 Å². The maximum atomic E-state index is 13.5. The van der Waals surface area contributed by atoms with Gasteiger partial charge in [-0.05, 0) is 42.8 Å². The molecule has 1 aliphatic rings. The van der Waals surface area contributed by atoms with Crippen LogP contribution >= 0.6 is 0 Å². The Labute approximate surface area is 191 Å². The highest BCUT2D eigenvalue weighted by Crippen LogP contribution is 2.46. The van der Waals surface area contributed by atoms with Gasteiger partial charge in [0.2, 0.25) is 11.8 Å². The highest BCUT2D eigenvalue weighted by Gasteiger charge is 2.56. The predicted octanol–water partition coefficient (Wildman–Crippen LogP) is 3.40. The maximum absolute atomic E-state index is 13.5. The quantitative estimate of drug-likeness (QED) is 0.524. The Bertz CT molecular complexity index is 1130. The molecule has 0 bridgehead atoms. The van der Waals surface area contributed by atoms with Crippen molar-refractivity contribution in [3.63, 3.8) is 0 Å². The lowest BCUT2D eigenvalue weighted by atomic mass is 9.61. The number of ketones is 1. The molecule has 4 atom stereocenters. The number of Topliss-reactive ketones (excluding diaryl/α,β-unsaturated/α-hetero) is 1. The van der Waals surface area contributed by atoms with Crippen molar-refractivity contribution in [1.82, 2.24) is 4.98 Å². The highest BCUT2D eigenvalue weighted by atomic mass is 16.3. The number of carbonyl (C=O) groups is 3. The third kappa shape index (κ3) is 4.83. The summed E-state index contributed by atoms with van der Waals surface area (Å²) in [5.41, 5.74) is -0.0134. The molecule has 1 heterocycles. The van der Waals surface area contributed by atoms with Crippen molar-refractivity contribution in [2.24, 2.45) is 11.8 Å². The van der Waals surface area contributed by atoms with Crippen LogP contribution < -0.4 is 10.6 Å². The van der Waals surface area contributed by atoms with Crippen LogP contribution in [0, 0.1) is 11.8 Å². The van der Waals surface area contributed by atoms with Crippen LogP contribution in [0.5, 0.6) is 0 Å². The summed E-state index contributed by atoms with van der Waals surface area (Å²) in [5, 5.41) is 16.9. The molecule has 4 rings (SSSR count). The first-order valence-corrected chi connectivity index (χ1v) is 10.7. The number of anilines is 2. The zero-order valence-corrected chi connectivity index (χ0v) is 18.1. The summed E-state index contributed by atoms with van der Waals surface area (Å²) < 4.78 is 0. The van der Waals surface area contributed by atoms with E-state index in [0.29, 0.717) is 16.9 Å². The first-order valence-electron chi connectivity index (χ1n) is 10.7. The van der Waals surface area contributed by atoms with Gasteiger partial charge in [-0.1, -0.05) is 42.5 Å². The molecule has 0 unspecified atom stereocenters. The fourth-order valence-electron chi connectivity index (χ4n) is 4.55. The summed E-state index contributed by atoms with van der Waals surface area (Å²) in [7, 11) is 0. The van der Waals surface area contributed by atoms with Crippen molar-refractivity contribution >= 4 is 29.0 Å². The number of pyridine rings is 1. The number of nitrogens with one attached hydrogen (secondary N) is 2. The molecular formula is C26H25N3O4. The van der Waals surface area contributed by atoms with Crippen LogP contribution in [0.3, 0.4) is 0 Å². The van der Waals surface area contributed by atoms with Crippen molar-refractivity contribution in [2.75, 3.05) is 10.6 Å². The number of amides is 2. The molecule has 33 heavy (non-hydrogen) atoms. The van der Waals surface area contributed by atoms with Gasteiger partial charge in [0, 0.05) is 36.1 Å². The Morgan fingerprint density at radius 3 is 2.03 bits per heavy atom. The molecule has 168 valence electrons. The molecule has 3 aromatic rings. The summed E-state index contributed by atoms with van der Waals surface area (Å²) in [4.78, 5) is 44.1. The van der Waals surface area contributed by atoms with Gasteiger partial charge in [-0.25, -0.2) is 0 Å². The van der Waals surface area contributed by atoms with Crippen LogP contribution in [0.1, 0.15) is 24.8 Å². The lowest BCUT2D eigenvalue weighted by molar-refractivity contribution is -0.150. The Balaban J connectivity index is 1.74. The molecule has 2 aromatic carbocycles. The minimum atomic E-state index is -1.65. The molecule has 0 saturated heterocycles. The Hall–Kier alpha value is -3.84. The Morgan fingerprint density at radius 1 is 0.909 bits per heavy atom. The Kier molecular flexibility index (Phi) is 6.33.